The van der Waals surface area contributed by atoms with Crippen molar-refractivity contribution in [1.29, 1.82) is 0 Å². The number of hydrogen-bond donors (Lipinski definition) is 2. The fourth-order valence-corrected chi connectivity index (χ4v) is 5.61. The molecule has 0 bridgehead atoms. The minimum atomic E-state index is -0.594. The van der Waals surface area contributed by atoms with E-state index in [0.29, 0.717) is 24.3 Å². The van der Waals surface area contributed by atoms with Crippen LogP contribution in [0.25, 0.3) is 11.3 Å². The van der Waals surface area contributed by atoms with Gasteiger partial charge >= 0.3 is 0 Å². The van der Waals surface area contributed by atoms with Crippen LogP contribution >= 0.6 is 0 Å². The summed E-state index contributed by atoms with van der Waals surface area (Å²) in [7, 11) is 1.71. The molecule has 3 aromatic rings. The summed E-state index contributed by atoms with van der Waals surface area (Å²) in [6, 6.07) is 12.0. The van der Waals surface area contributed by atoms with Gasteiger partial charge in [-0.3, -0.25) is 14.3 Å². The summed E-state index contributed by atoms with van der Waals surface area (Å²) in [5.41, 5.74) is 10.4. The van der Waals surface area contributed by atoms with Crippen LogP contribution in [0.4, 0.5) is 5.69 Å². The zero-order chi connectivity index (χ0) is 25.4. The summed E-state index contributed by atoms with van der Waals surface area (Å²) in [5, 5.41) is 8.40. The molecule has 2 aliphatic rings. The summed E-state index contributed by atoms with van der Waals surface area (Å²) < 4.78 is 7.45. The fourth-order valence-electron chi connectivity index (χ4n) is 5.61. The number of carbonyl (C=O) groups excluding carboxylic acids is 2. The van der Waals surface area contributed by atoms with Crippen LogP contribution in [-0.2, 0) is 17.7 Å². The predicted octanol–water partition coefficient (Wildman–Crippen LogP) is 4.23. The lowest BCUT2D eigenvalue weighted by atomic mass is 9.75. The molecule has 2 heterocycles. The van der Waals surface area contributed by atoms with Gasteiger partial charge in [0.2, 0.25) is 0 Å². The van der Waals surface area contributed by atoms with Crippen LogP contribution in [0, 0.1) is 5.41 Å². The van der Waals surface area contributed by atoms with Crippen molar-refractivity contribution in [3.63, 3.8) is 0 Å². The van der Waals surface area contributed by atoms with Crippen LogP contribution in [0.3, 0.4) is 0 Å². The predicted molar refractivity (Wildman–Crippen MR) is 138 cm³/mol. The van der Waals surface area contributed by atoms with Gasteiger partial charge in [0.1, 0.15) is 5.69 Å². The Morgan fingerprint density at radius 1 is 1.22 bits per heavy atom. The molecule has 2 aliphatic carbocycles. The molecule has 1 amide bonds. The van der Waals surface area contributed by atoms with Crippen LogP contribution in [0.15, 0.2) is 42.6 Å². The normalized spacial score (nSPS) is 20.8. The van der Waals surface area contributed by atoms with E-state index in [9.17, 15) is 9.59 Å². The Kier molecular flexibility index (Phi) is 6.38. The number of nitrogens with zero attached hydrogens (tertiary/aromatic N) is 3. The topological polar surface area (TPSA) is 112 Å². The third-order valence-corrected chi connectivity index (χ3v) is 7.27. The zero-order valence-corrected chi connectivity index (χ0v) is 21.1. The number of ketones is 1. The first-order chi connectivity index (χ1) is 17.3. The highest BCUT2D eigenvalue weighted by molar-refractivity contribution is 6.00. The highest BCUT2D eigenvalue weighted by Crippen LogP contribution is 2.40. The maximum atomic E-state index is 13.3. The number of carbonyl (C=O) groups is 2. The number of ether oxygens (including phenoxy) is 1. The molecule has 0 aliphatic heterocycles. The Morgan fingerprint density at radius 3 is 2.72 bits per heavy atom. The van der Waals surface area contributed by atoms with Crippen molar-refractivity contribution < 1.29 is 14.3 Å². The standard InChI is InChI=1S/C28H33N5O3/c1-28(2)13-19-24(32-33(26(19)22(34)14-28)16-17-8-5-4-6-9-17)18-12-21(25(27(29)35)30-15-18)31-20-10-7-11-23(20)36-3/h4-6,8-9,12,15,20,23,31H,7,10-11,13-14,16H2,1-3H3,(H2,29,35). The SMILES string of the molecule is COC1CCCC1Nc1cc(-c2nn(Cc3ccccc3)c3c2CC(C)(C)CC3=O)cnc1C(N)=O. The molecule has 0 spiro atoms. The summed E-state index contributed by atoms with van der Waals surface area (Å²) in [6.07, 6.45) is 5.84. The molecule has 1 saturated carbocycles. The van der Waals surface area contributed by atoms with Crippen LogP contribution in [-0.4, -0.2) is 45.7 Å². The monoisotopic (exact) mass is 487 g/mol. The smallest absolute Gasteiger partial charge is 0.269 e. The van der Waals surface area contributed by atoms with Gasteiger partial charge < -0.3 is 15.8 Å². The quantitative estimate of drug-likeness (QED) is 0.516. The van der Waals surface area contributed by atoms with Crippen molar-refractivity contribution in [3.05, 3.63) is 65.1 Å². The number of aromatic nitrogens is 3. The molecule has 1 aromatic carbocycles. The van der Waals surface area contributed by atoms with E-state index in [1.165, 1.54) is 0 Å². The molecule has 0 radical (unpaired) electrons. The van der Waals surface area contributed by atoms with E-state index < -0.39 is 5.91 Å². The lowest BCUT2D eigenvalue weighted by molar-refractivity contribution is 0.0900. The highest BCUT2D eigenvalue weighted by Gasteiger charge is 2.37. The van der Waals surface area contributed by atoms with Crippen molar-refractivity contribution >= 4 is 17.4 Å². The van der Waals surface area contributed by atoms with Gasteiger partial charge in [-0.15, -0.1) is 0 Å². The second kappa shape index (κ2) is 9.50. The first-order valence-corrected chi connectivity index (χ1v) is 12.5. The maximum absolute atomic E-state index is 13.3. The van der Waals surface area contributed by atoms with E-state index in [2.05, 4.69) is 24.1 Å². The molecule has 8 heteroatoms. The molecule has 0 saturated heterocycles. The molecule has 2 aromatic heterocycles. The van der Waals surface area contributed by atoms with Gasteiger partial charge in [-0.25, -0.2) is 4.98 Å². The van der Waals surface area contributed by atoms with Gasteiger partial charge in [0.15, 0.2) is 11.5 Å². The summed E-state index contributed by atoms with van der Waals surface area (Å²) >= 11 is 0. The second-order valence-electron chi connectivity index (χ2n) is 10.7. The minimum absolute atomic E-state index is 0.0608. The number of Topliss-reactive ketones (excluding diaryl/α,β-unsaturated/α-hetero) is 1. The number of nitrogens with one attached hydrogen (secondary N) is 1. The fraction of sp³-hybridized carbons (Fsp3) is 0.429. The van der Waals surface area contributed by atoms with Crippen molar-refractivity contribution in [3.8, 4) is 11.3 Å². The number of anilines is 1. The molecule has 188 valence electrons. The van der Waals surface area contributed by atoms with Gasteiger partial charge in [-0.1, -0.05) is 44.2 Å². The van der Waals surface area contributed by atoms with Gasteiger partial charge in [0.25, 0.3) is 5.91 Å². The number of primary amides is 1. The zero-order valence-electron chi connectivity index (χ0n) is 21.1. The average molecular weight is 488 g/mol. The average Bonchev–Trinajstić information content (AvgIpc) is 3.43. The van der Waals surface area contributed by atoms with Crippen LogP contribution in [0.1, 0.15) is 71.6 Å². The van der Waals surface area contributed by atoms with E-state index in [1.807, 2.05) is 41.1 Å². The van der Waals surface area contributed by atoms with Gasteiger partial charge in [-0.05, 0) is 42.7 Å². The Labute approximate surface area is 211 Å². The number of fused-ring (bicyclic) bond motifs is 1. The minimum Gasteiger partial charge on any atom is -0.379 e. The van der Waals surface area contributed by atoms with E-state index in [-0.39, 0.29) is 29.0 Å². The molecule has 2 atom stereocenters. The number of hydrogen-bond acceptors (Lipinski definition) is 6. The summed E-state index contributed by atoms with van der Waals surface area (Å²) in [6.45, 7) is 4.72. The molecule has 36 heavy (non-hydrogen) atoms. The van der Waals surface area contributed by atoms with Crippen molar-refractivity contribution in [2.45, 2.75) is 64.6 Å². The Balaban J connectivity index is 1.60. The molecule has 2 unspecified atom stereocenters. The van der Waals surface area contributed by atoms with Crippen molar-refractivity contribution in [2.75, 3.05) is 12.4 Å². The number of methoxy groups -OCH3 is 1. The third-order valence-electron chi connectivity index (χ3n) is 7.27. The maximum Gasteiger partial charge on any atom is 0.269 e. The first-order valence-electron chi connectivity index (χ1n) is 12.5. The molecule has 8 nitrogen and oxygen atoms in total. The second-order valence-corrected chi connectivity index (χ2v) is 10.7. The van der Waals surface area contributed by atoms with Gasteiger partial charge in [0, 0.05) is 30.9 Å². The Hall–Kier alpha value is -3.52. The number of benzene rings is 1. The van der Waals surface area contributed by atoms with Gasteiger partial charge in [0.05, 0.1) is 30.1 Å². The molecule has 3 N–H and O–H groups in total. The van der Waals surface area contributed by atoms with E-state index >= 15 is 0 Å². The number of nitrogens with two attached hydrogens (primary N) is 1. The number of rotatable bonds is 7. The largest absolute Gasteiger partial charge is 0.379 e. The molecule has 1 fully saturated rings. The first kappa shape index (κ1) is 24.2. The molecular weight excluding hydrogens is 454 g/mol. The van der Waals surface area contributed by atoms with Crippen LogP contribution in [0.2, 0.25) is 0 Å². The Bertz CT molecular complexity index is 1300. The van der Waals surface area contributed by atoms with E-state index in [4.69, 9.17) is 15.6 Å². The number of amides is 1. The van der Waals surface area contributed by atoms with Crippen LogP contribution in [0.5, 0.6) is 0 Å². The van der Waals surface area contributed by atoms with Crippen molar-refractivity contribution in [1.82, 2.24) is 14.8 Å². The van der Waals surface area contributed by atoms with Crippen LogP contribution < -0.4 is 11.1 Å². The lowest BCUT2D eigenvalue weighted by Gasteiger charge is -2.29. The lowest BCUT2D eigenvalue weighted by Crippen LogP contribution is -2.31. The summed E-state index contributed by atoms with van der Waals surface area (Å²) in [5.74, 6) is -0.492. The molecular formula is C28H33N5O3. The van der Waals surface area contributed by atoms with E-state index in [0.717, 1.165) is 48.1 Å². The van der Waals surface area contributed by atoms with Gasteiger partial charge in [-0.2, -0.15) is 5.10 Å². The Morgan fingerprint density at radius 2 is 2.00 bits per heavy atom. The number of pyridine rings is 1. The molecule has 5 rings (SSSR count). The third kappa shape index (κ3) is 4.65. The highest BCUT2D eigenvalue weighted by atomic mass is 16.5. The van der Waals surface area contributed by atoms with E-state index in [1.54, 1.807) is 13.3 Å². The van der Waals surface area contributed by atoms with Crippen molar-refractivity contribution in [2.24, 2.45) is 11.1 Å². The summed E-state index contributed by atoms with van der Waals surface area (Å²) in [4.78, 5) is 29.9.